The molecule has 1 saturated heterocycles. The molecule has 2 atom stereocenters. The quantitative estimate of drug-likeness (QED) is 0.714. The van der Waals surface area contributed by atoms with Crippen molar-refractivity contribution in [1.82, 2.24) is 4.98 Å². The smallest absolute Gasteiger partial charge is 0.310 e. The molecule has 0 radical (unpaired) electrons. The molecule has 5 nitrogen and oxygen atoms in total. The highest BCUT2D eigenvalue weighted by molar-refractivity contribution is 7.13. The lowest BCUT2D eigenvalue weighted by atomic mass is 9.91. The second-order valence-electron chi connectivity index (χ2n) is 6.46. The molecule has 1 aliphatic heterocycles. The van der Waals surface area contributed by atoms with Gasteiger partial charge in [-0.1, -0.05) is 13.3 Å². The molecule has 0 unspecified atom stereocenters. The van der Waals surface area contributed by atoms with Gasteiger partial charge in [0.25, 0.3) is 0 Å². The van der Waals surface area contributed by atoms with Gasteiger partial charge in [0.2, 0.25) is 0 Å². The van der Waals surface area contributed by atoms with Gasteiger partial charge >= 0.3 is 5.97 Å². The molecule has 1 N–H and O–H groups in total. The van der Waals surface area contributed by atoms with Gasteiger partial charge in [0.1, 0.15) is 5.75 Å². The molecule has 1 aromatic carbocycles. The van der Waals surface area contributed by atoms with Crippen molar-refractivity contribution in [3.63, 3.8) is 0 Å². The van der Waals surface area contributed by atoms with E-state index in [-0.39, 0.29) is 11.9 Å². The summed E-state index contributed by atoms with van der Waals surface area (Å²) >= 11 is 1.52. The number of nitrogens with one attached hydrogen (secondary N) is 1. The van der Waals surface area contributed by atoms with Crippen LogP contribution in [0.2, 0.25) is 0 Å². The van der Waals surface area contributed by atoms with Gasteiger partial charge in [0.15, 0.2) is 10.7 Å². The molecule has 0 saturated carbocycles. The predicted octanol–water partition coefficient (Wildman–Crippen LogP) is 4.86. The zero-order valence-corrected chi connectivity index (χ0v) is 15.7. The summed E-state index contributed by atoms with van der Waals surface area (Å²) in [7, 11) is 0. The average Bonchev–Trinajstić information content (AvgIpc) is 3.16. The number of benzene rings is 1. The Morgan fingerprint density at radius 1 is 1.36 bits per heavy atom. The standard InChI is InChI=1S/C19H24N2O3S/c1-4-6-13-11-19(3,24-17(13)22)16-12-25-18(21-16)20-14-7-9-15(10-8-14)23-5-2/h7-10,12-13H,4-6,11H2,1-3H3,(H,20,21)/t13-,19+/m0/s1. The minimum atomic E-state index is -0.619. The Kier molecular flexibility index (Phi) is 5.27. The van der Waals surface area contributed by atoms with Crippen molar-refractivity contribution >= 4 is 28.1 Å². The van der Waals surface area contributed by atoms with Crippen molar-refractivity contribution in [2.45, 2.75) is 45.6 Å². The third-order valence-electron chi connectivity index (χ3n) is 4.39. The van der Waals surface area contributed by atoms with Gasteiger partial charge in [-0.05, 0) is 44.5 Å². The molecule has 0 bridgehead atoms. The monoisotopic (exact) mass is 360 g/mol. The number of carbonyl (C=O) groups is 1. The number of esters is 1. The molecule has 0 spiro atoms. The lowest BCUT2D eigenvalue weighted by Gasteiger charge is -2.19. The lowest BCUT2D eigenvalue weighted by Crippen LogP contribution is -2.21. The molecule has 25 heavy (non-hydrogen) atoms. The lowest BCUT2D eigenvalue weighted by molar-refractivity contribution is -0.150. The molecule has 2 heterocycles. The molecule has 6 heteroatoms. The first kappa shape index (κ1) is 17.7. The van der Waals surface area contributed by atoms with Crippen molar-refractivity contribution < 1.29 is 14.3 Å². The highest BCUT2D eigenvalue weighted by Gasteiger charge is 2.45. The molecular weight excluding hydrogens is 336 g/mol. The number of ether oxygens (including phenoxy) is 2. The Morgan fingerprint density at radius 3 is 2.80 bits per heavy atom. The van der Waals surface area contributed by atoms with Crippen LogP contribution in [0.15, 0.2) is 29.6 Å². The second kappa shape index (κ2) is 7.44. The SMILES string of the molecule is CCC[C@H]1C[C@](C)(c2csc(Nc3ccc(OCC)cc3)n2)OC1=O. The largest absolute Gasteiger partial charge is 0.494 e. The van der Waals surface area contributed by atoms with E-state index in [0.717, 1.165) is 35.1 Å². The fourth-order valence-corrected chi connectivity index (χ4v) is 3.98. The van der Waals surface area contributed by atoms with Crippen LogP contribution in [0.5, 0.6) is 5.75 Å². The van der Waals surface area contributed by atoms with Crippen LogP contribution in [0, 0.1) is 5.92 Å². The van der Waals surface area contributed by atoms with E-state index in [1.165, 1.54) is 11.3 Å². The van der Waals surface area contributed by atoms with Crippen molar-refractivity contribution in [3.05, 3.63) is 35.3 Å². The molecule has 0 amide bonds. The van der Waals surface area contributed by atoms with Crippen LogP contribution in [0.25, 0.3) is 0 Å². The van der Waals surface area contributed by atoms with Crippen LogP contribution >= 0.6 is 11.3 Å². The number of hydrogen-bond acceptors (Lipinski definition) is 6. The normalized spacial score (nSPS) is 22.7. The van der Waals surface area contributed by atoms with Crippen LogP contribution < -0.4 is 10.1 Å². The second-order valence-corrected chi connectivity index (χ2v) is 7.32. The summed E-state index contributed by atoms with van der Waals surface area (Å²) < 4.78 is 11.1. The number of rotatable bonds is 7. The van der Waals surface area contributed by atoms with Crippen LogP contribution in [-0.4, -0.2) is 17.6 Å². The van der Waals surface area contributed by atoms with Crippen LogP contribution in [0.4, 0.5) is 10.8 Å². The van der Waals surface area contributed by atoms with Gasteiger partial charge < -0.3 is 14.8 Å². The first-order valence-electron chi connectivity index (χ1n) is 8.73. The summed E-state index contributed by atoms with van der Waals surface area (Å²) in [5.74, 6) is 0.734. The molecular formula is C19H24N2O3S. The van der Waals surface area contributed by atoms with Crippen molar-refractivity contribution in [3.8, 4) is 5.75 Å². The predicted molar refractivity (Wildman–Crippen MR) is 99.5 cm³/mol. The Balaban J connectivity index is 1.69. The van der Waals surface area contributed by atoms with Crippen molar-refractivity contribution in [2.24, 2.45) is 5.92 Å². The van der Waals surface area contributed by atoms with E-state index in [1.807, 2.05) is 43.5 Å². The highest BCUT2D eigenvalue weighted by atomic mass is 32.1. The van der Waals surface area contributed by atoms with Gasteiger partial charge in [0.05, 0.1) is 18.2 Å². The first-order chi connectivity index (χ1) is 12.0. The number of thiazole rings is 1. The van der Waals surface area contributed by atoms with E-state index in [4.69, 9.17) is 9.47 Å². The number of nitrogens with zero attached hydrogens (tertiary/aromatic N) is 1. The number of aromatic nitrogens is 1. The maximum atomic E-state index is 12.1. The summed E-state index contributed by atoms with van der Waals surface area (Å²) in [6.07, 6.45) is 2.55. The topological polar surface area (TPSA) is 60.4 Å². The Hall–Kier alpha value is -2.08. The van der Waals surface area contributed by atoms with Crippen molar-refractivity contribution in [1.29, 1.82) is 0 Å². The van der Waals surface area contributed by atoms with Crippen LogP contribution in [0.3, 0.4) is 0 Å². The highest BCUT2D eigenvalue weighted by Crippen LogP contribution is 2.42. The third kappa shape index (κ3) is 3.95. The zero-order chi connectivity index (χ0) is 17.9. The first-order valence-corrected chi connectivity index (χ1v) is 9.60. The van der Waals surface area contributed by atoms with Crippen LogP contribution in [0.1, 0.15) is 45.7 Å². The Morgan fingerprint density at radius 2 is 2.12 bits per heavy atom. The van der Waals surface area contributed by atoms with Gasteiger partial charge in [-0.15, -0.1) is 11.3 Å². The summed E-state index contributed by atoms with van der Waals surface area (Å²) in [5, 5.41) is 6.05. The molecule has 0 aliphatic carbocycles. The van der Waals surface area contributed by atoms with Gasteiger partial charge in [-0.2, -0.15) is 0 Å². The van der Waals surface area contributed by atoms with Gasteiger partial charge in [0, 0.05) is 17.5 Å². The van der Waals surface area contributed by atoms with E-state index in [1.54, 1.807) is 0 Å². The number of anilines is 2. The van der Waals surface area contributed by atoms with E-state index in [9.17, 15) is 4.79 Å². The van der Waals surface area contributed by atoms with E-state index in [2.05, 4.69) is 17.2 Å². The minimum Gasteiger partial charge on any atom is -0.494 e. The molecule has 2 aromatic rings. The minimum absolute atomic E-state index is 0.0146. The summed E-state index contributed by atoms with van der Waals surface area (Å²) in [6.45, 7) is 6.66. The number of cyclic esters (lactones) is 1. The maximum absolute atomic E-state index is 12.1. The Bertz CT molecular complexity index is 729. The van der Waals surface area contributed by atoms with Crippen LogP contribution in [-0.2, 0) is 15.1 Å². The number of hydrogen-bond donors (Lipinski definition) is 1. The number of carbonyl (C=O) groups excluding carboxylic acids is 1. The Labute approximate surface area is 152 Å². The van der Waals surface area contributed by atoms with E-state index < -0.39 is 5.60 Å². The summed E-state index contributed by atoms with van der Waals surface area (Å²) in [4.78, 5) is 16.7. The summed E-state index contributed by atoms with van der Waals surface area (Å²) in [6, 6.07) is 7.77. The average molecular weight is 360 g/mol. The van der Waals surface area contributed by atoms with Gasteiger partial charge in [-0.3, -0.25) is 4.79 Å². The third-order valence-corrected chi connectivity index (χ3v) is 5.15. The molecule has 134 valence electrons. The van der Waals surface area contributed by atoms with Crippen molar-refractivity contribution in [2.75, 3.05) is 11.9 Å². The molecule has 3 rings (SSSR count). The van der Waals surface area contributed by atoms with E-state index >= 15 is 0 Å². The van der Waals surface area contributed by atoms with E-state index in [0.29, 0.717) is 13.0 Å². The maximum Gasteiger partial charge on any atom is 0.310 e. The molecule has 1 fully saturated rings. The van der Waals surface area contributed by atoms with Gasteiger partial charge in [-0.25, -0.2) is 4.98 Å². The zero-order valence-electron chi connectivity index (χ0n) is 14.9. The summed E-state index contributed by atoms with van der Waals surface area (Å²) in [5.41, 5.74) is 1.14. The fourth-order valence-electron chi connectivity index (χ4n) is 3.12. The molecule has 1 aromatic heterocycles. The molecule has 1 aliphatic rings. The fraction of sp³-hybridized carbons (Fsp3) is 0.474.